The third kappa shape index (κ3) is 11.7. The largest absolute Gasteiger partial charge is 0.481 e. The molecule has 0 aliphatic heterocycles. The smallest absolute Gasteiger partial charge is 0.307 e. The lowest BCUT2D eigenvalue weighted by molar-refractivity contribution is -0.136. The van der Waals surface area contributed by atoms with Crippen molar-refractivity contribution in [3.63, 3.8) is 0 Å². The topological polar surface area (TPSA) is 37.3 Å². The minimum Gasteiger partial charge on any atom is -0.481 e. The summed E-state index contributed by atoms with van der Waals surface area (Å²) < 4.78 is 0. The predicted molar refractivity (Wildman–Crippen MR) is 77.9 cm³/mol. The highest BCUT2D eigenvalue weighted by Gasteiger charge is 2.03. The van der Waals surface area contributed by atoms with E-state index >= 15 is 0 Å². The molecule has 106 valence electrons. The average Bonchev–Trinajstić information content (AvgIpc) is 2.33. The quantitative estimate of drug-likeness (QED) is 0.377. The van der Waals surface area contributed by atoms with Crippen LogP contribution in [-0.4, -0.2) is 11.1 Å². The molecular formula is C16H30O2. The van der Waals surface area contributed by atoms with E-state index < -0.39 is 5.97 Å². The summed E-state index contributed by atoms with van der Waals surface area (Å²) in [5, 5.41) is 8.89. The molecule has 0 aromatic rings. The van der Waals surface area contributed by atoms with Crippen molar-refractivity contribution in [3.8, 4) is 0 Å². The van der Waals surface area contributed by atoms with Gasteiger partial charge in [-0.3, -0.25) is 4.79 Å². The number of allylic oxidation sites excluding steroid dienone is 1. The molecule has 0 atom stereocenters. The van der Waals surface area contributed by atoms with Crippen molar-refractivity contribution < 1.29 is 9.90 Å². The first-order valence-corrected chi connectivity index (χ1v) is 7.60. The molecule has 2 heteroatoms. The maximum Gasteiger partial charge on any atom is 0.307 e. The maximum atomic E-state index is 10.8. The first-order chi connectivity index (χ1) is 8.70. The molecule has 0 aliphatic rings. The molecule has 0 saturated heterocycles. The molecule has 0 saturated carbocycles. The normalized spacial score (nSPS) is 11.8. The van der Waals surface area contributed by atoms with E-state index in [2.05, 4.69) is 19.9 Å². The van der Waals surface area contributed by atoms with Crippen LogP contribution >= 0.6 is 0 Å². The van der Waals surface area contributed by atoms with Crippen LogP contribution < -0.4 is 0 Å². The number of carboxylic acid groups (broad SMARTS) is 1. The number of hydrogen-bond acceptors (Lipinski definition) is 1. The molecule has 2 nitrogen and oxygen atoms in total. The third-order valence-electron chi connectivity index (χ3n) is 3.22. The van der Waals surface area contributed by atoms with Gasteiger partial charge in [0.1, 0.15) is 0 Å². The van der Waals surface area contributed by atoms with Crippen LogP contribution in [0, 0.1) is 0 Å². The highest BCUT2D eigenvalue weighted by Crippen LogP contribution is 2.16. The molecule has 18 heavy (non-hydrogen) atoms. The van der Waals surface area contributed by atoms with Crippen LogP contribution in [0.3, 0.4) is 0 Å². The molecule has 0 radical (unpaired) electrons. The zero-order chi connectivity index (χ0) is 13.6. The first-order valence-electron chi connectivity index (χ1n) is 7.60. The molecule has 0 fully saturated rings. The van der Waals surface area contributed by atoms with Crippen LogP contribution in [0.15, 0.2) is 11.6 Å². The van der Waals surface area contributed by atoms with E-state index in [1.807, 2.05) is 0 Å². The second kappa shape index (κ2) is 12.7. The Morgan fingerprint density at radius 3 is 2.11 bits per heavy atom. The van der Waals surface area contributed by atoms with E-state index in [1.165, 1.54) is 44.9 Å². The molecule has 1 N–H and O–H groups in total. The Bertz CT molecular complexity index is 231. The fraction of sp³-hybridized carbons (Fsp3) is 0.812. The fourth-order valence-corrected chi connectivity index (χ4v) is 2.11. The number of unbranched alkanes of at least 4 members (excludes halogenated alkanes) is 7. The minimum absolute atomic E-state index is 0.236. The summed E-state index contributed by atoms with van der Waals surface area (Å²) in [6.45, 7) is 4.40. The van der Waals surface area contributed by atoms with E-state index in [0.29, 0.717) is 0 Å². The molecule has 0 aromatic carbocycles. The molecule has 0 spiro atoms. The molecule has 0 unspecified atom stereocenters. The summed E-state index contributed by atoms with van der Waals surface area (Å²) in [5.41, 5.74) is 1.13. The van der Waals surface area contributed by atoms with E-state index in [1.54, 1.807) is 0 Å². The second-order valence-corrected chi connectivity index (χ2v) is 5.09. The van der Waals surface area contributed by atoms with Gasteiger partial charge < -0.3 is 5.11 Å². The molecule has 0 bridgehead atoms. The van der Waals surface area contributed by atoms with Crippen molar-refractivity contribution in [1.82, 2.24) is 0 Å². The van der Waals surface area contributed by atoms with E-state index in [0.717, 1.165) is 24.8 Å². The van der Waals surface area contributed by atoms with E-state index in [4.69, 9.17) is 5.11 Å². The van der Waals surface area contributed by atoms with Crippen molar-refractivity contribution in [2.24, 2.45) is 0 Å². The molecule has 0 aromatic heterocycles. The number of carboxylic acids is 1. The maximum absolute atomic E-state index is 10.8. The summed E-state index contributed by atoms with van der Waals surface area (Å²) in [7, 11) is 0. The Morgan fingerprint density at radius 1 is 0.944 bits per heavy atom. The van der Waals surface area contributed by atoms with Crippen molar-refractivity contribution in [2.75, 3.05) is 0 Å². The van der Waals surface area contributed by atoms with Crippen molar-refractivity contribution in [3.05, 3.63) is 11.6 Å². The van der Waals surface area contributed by atoms with Gasteiger partial charge in [-0.25, -0.2) is 0 Å². The predicted octanol–water partition coefficient (Wildman–Crippen LogP) is 5.33. The summed E-state index contributed by atoms with van der Waals surface area (Å²) >= 11 is 0. The molecule has 0 rings (SSSR count). The Labute approximate surface area is 112 Å². The lowest BCUT2D eigenvalue weighted by atomic mass is 10.0. The van der Waals surface area contributed by atoms with Gasteiger partial charge in [0, 0.05) is 0 Å². The van der Waals surface area contributed by atoms with Gasteiger partial charge in [-0.15, -0.1) is 0 Å². The highest BCUT2D eigenvalue weighted by molar-refractivity contribution is 5.69. The molecular weight excluding hydrogens is 224 g/mol. The van der Waals surface area contributed by atoms with Crippen molar-refractivity contribution in [2.45, 2.75) is 84.5 Å². The van der Waals surface area contributed by atoms with Gasteiger partial charge in [-0.05, 0) is 25.7 Å². The summed E-state index contributed by atoms with van der Waals surface area (Å²) in [6, 6.07) is 0. The van der Waals surface area contributed by atoms with Gasteiger partial charge in [0.15, 0.2) is 0 Å². The van der Waals surface area contributed by atoms with E-state index in [9.17, 15) is 4.79 Å². The first kappa shape index (κ1) is 17.2. The van der Waals surface area contributed by atoms with E-state index in [-0.39, 0.29) is 6.42 Å². The molecule has 0 amide bonds. The average molecular weight is 254 g/mol. The minimum atomic E-state index is -0.690. The third-order valence-corrected chi connectivity index (χ3v) is 3.22. The van der Waals surface area contributed by atoms with Gasteiger partial charge in [0.05, 0.1) is 6.42 Å². The summed E-state index contributed by atoms with van der Waals surface area (Å²) in [5.74, 6) is -0.690. The van der Waals surface area contributed by atoms with Crippen LogP contribution in [0.25, 0.3) is 0 Å². The van der Waals surface area contributed by atoms with Crippen LogP contribution in [0.2, 0.25) is 0 Å². The number of carbonyl (C=O) groups is 1. The summed E-state index contributed by atoms with van der Waals surface area (Å²) in [4.78, 5) is 10.8. The Hall–Kier alpha value is -0.790. The fourth-order valence-electron chi connectivity index (χ4n) is 2.11. The van der Waals surface area contributed by atoms with Crippen molar-refractivity contribution in [1.29, 1.82) is 0 Å². The van der Waals surface area contributed by atoms with Gasteiger partial charge in [-0.1, -0.05) is 64.0 Å². The Balaban J connectivity index is 3.88. The molecule has 0 aliphatic carbocycles. The Kier molecular flexibility index (Phi) is 12.1. The number of aliphatic carboxylic acids is 1. The number of rotatable bonds is 12. The zero-order valence-electron chi connectivity index (χ0n) is 12.2. The van der Waals surface area contributed by atoms with Crippen LogP contribution in [0.5, 0.6) is 0 Å². The van der Waals surface area contributed by atoms with Crippen LogP contribution in [0.1, 0.15) is 84.5 Å². The van der Waals surface area contributed by atoms with Gasteiger partial charge in [0.2, 0.25) is 0 Å². The Morgan fingerprint density at radius 2 is 1.56 bits per heavy atom. The lowest BCUT2D eigenvalue weighted by Gasteiger charge is -2.05. The zero-order valence-corrected chi connectivity index (χ0v) is 12.2. The number of hydrogen-bond donors (Lipinski definition) is 1. The standard InChI is InChI=1S/C16H30O2/c1-3-5-7-9-11-13-15(14-16(17)18)12-10-8-6-4-2/h13H,3-12,14H2,1-2H3,(H,17,18)/b15-13+. The highest BCUT2D eigenvalue weighted by atomic mass is 16.4. The lowest BCUT2D eigenvalue weighted by Crippen LogP contribution is -1.98. The SMILES string of the molecule is CCCCCC/C=C(\CCCCCC)CC(=O)O. The second-order valence-electron chi connectivity index (χ2n) is 5.09. The van der Waals surface area contributed by atoms with Crippen molar-refractivity contribution >= 4 is 5.97 Å². The van der Waals surface area contributed by atoms with Gasteiger partial charge in [-0.2, -0.15) is 0 Å². The van der Waals surface area contributed by atoms with Crippen LogP contribution in [-0.2, 0) is 4.79 Å². The summed E-state index contributed by atoms with van der Waals surface area (Å²) in [6.07, 6.45) is 14.3. The van der Waals surface area contributed by atoms with Gasteiger partial charge in [0.25, 0.3) is 0 Å². The monoisotopic (exact) mass is 254 g/mol. The van der Waals surface area contributed by atoms with Crippen LogP contribution in [0.4, 0.5) is 0 Å². The van der Waals surface area contributed by atoms with Gasteiger partial charge >= 0.3 is 5.97 Å². The molecule has 0 heterocycles.